The molecule has 0 aromatic heterocycles. The van der Waals surface area contributed by atoms with Gasteiger partial charge in [-0.05, 0) is 55.2 Å². The molecule has 2 aromatic carbocycles. The molecule has 1 aliphatic rings. The molecule has 2 aromatic rings. The predicted molar refractivity (Wildman–Crippen MR) is 78.3 cm³/mol. The maximum absolute atomic E-state index is 13.3. The number of hydrogen-bond donors (Lipinski definition) is 2. The van der Waals surface area contributed by atoms with Gasteiger partial charge in [-0.1, -0.05) is 23.8 Å². The fraction of sp³-hybridized carbons (Fsp3) is 0.294. The van der Waals surface area contributed by atoms with Crippen LogP contribution in [0.1, 0.15) is 23.1 Å². The summed E-state index contributed by atoms with van der Waals surface area (Å²) < 4.78 is 13.3. The largest absolute Gasteiger partial charge is 0.394 e. The molecule has 1 aliphatic carbocycles. The average molecular weight is 271 g/mol. The molecule has 20 heavy (non-hydrogen) atoms. The lowest BCUT2D eigenvalue weighted by Gasteiger charge is -2.31. The molecule has 0 heterocycles. The van der Waals surface area contributed by atoms with Gasteiger partial charge in [-0.2, -0.15) is 0 Å². The van der Waals surface area contributed by atoms with E-state index in [4.69, 9.17) is 0 Å². The Labute approximate surface area is 118 Å². The summed E-state index contributed by atoms with van der Waals surface area (Å²) >= 11 is 0. The number of halogens is 1. The molecule has 0 amide bonds. The fourth-order valence-corrected chi connectivity index (χ4v) is 2.97. The van der Waals surface area contributed by atoms with Crippen LogP contribution in [0.25, 0.3) is 0 Å². The van der Waals surface area contributed by atoms with Crippen molar-refractivity contribution in [3.8, 4) is 0 Å². The molecule has 2 nitrogen and oxygen atoms in total. The van der Waals surface area contributed by atoms with Crippen molar-refractivity contribution in [3.05, 3.63) is 65.0 Å². The lowest BCUT2D eigenvalue weighted by atomic mass is 9.92. The van der Waals surface area contributed by atoms with Crippen molar-refractivity contribution < 1.29 is 9.50 Å². The lowest BCUT2D eigenvalue weighted by molar-refractivity contribution is 0.211. The Kier molecular flexibility index (Phi) is 3.22. The molecule has 3 rings (SSSR count). The Morgan fingerprint density at radius 2 is 1.95 bits per heavy atom. The van der Waals surface area contributed by atoms with Crippen LogP contribution in [0.5, 0.6) is 0 Å². The van der Waals surface area contributed by atoms with Crippen LogP contribution in [0.4, 0.5) is 10.1 Å². The van der Waals surface area contributed by atoms with Crippen LogP contribution in [0, 0.1) is 12.7 Å². The third-order valence-electron chi connectivity index (χ3n) is 4.11. The van der Waals surface area contributed by atoms with E-state index in [-0.39, 0.29) is 12.4 Å². The minimum atomic E-state index is -0.502. The Morgan fingerprint density at radius 1 is 1.20 bits per heavy atom. The number of anilines is 1. The van der Waals surface area contributed by atoms with Gasteiger partial charge in [0.15, 0.2) is 0 Å². The number of fused-ring (bicyclic) bond motifs is 1. The highest BCUT2D eigenvalue weighted by Gasteiger charge is 2.38. The van der Waals surface area contributed by atoms with Crippen LogP contribution in [0.2, 0.25) is 0 Å². The standard InChI is InChI=1S/C17H18FNO/c1-12-2-5-15(6-3-12)19-17(11-20)9-8-13-10-14(18)4-7-16(13)17/h2-7,10,19-20H,8-9,11H2,1H3. The van der Waals surface area contributed by atoms with E-state index in [9.17, 15) is 9.50 Å². The van der Waals surface area contributed by atoms with E-state index in [0.717, 1.165) is 29.7 Å². The topological polar surface area (TPSA) is 32.3 Å². The minimum absolute atomic E-state index is 0.000487. The van der Waals surface area contributed by atoms with Crippen LogP contribution >= 0.6 is 0 Å². The second-order valence-corrected chi connectivity index (χ2v) is 5.53. The van der Waals surface area contributed by atoms with E-state index in [2.05, 4.69) is 5.32 Å². The summed E-state index contributed by atoms with van der Waals surface area (Å²) in [5.74, 6) is -0.215. The van der Waals surface area contributed by atoms with Crippen molar-refractivity contribution in [2.75, 3.05) is 11.9 Å². The Bertz CT molecular complexity index is 623. The molecule has 0 saturated heterocycles. The Balaban J connectivity index is 1.96. The van der Waals surface area contributed by atoms with E-state index in [1.54, 1.807) is 12.1 Å². The summed E-state index contributed by atoms with van der Waals surface area (Å²) in [4.78, 5) is 0. The third-order valence-corrected chi connectivity index (χ3v) is 4.11. The van der Waals surface area contributed by atoms with Crippen molar-refractivity contribution in [2.45, 2.75) is 25.3 Å². The van der Waals surface area contributed by atoms with Gasteiger partial charge in [-0.15, -0.1) is 0 Å². The number of hydrogen-bond acceptors (Lipinski definition) is 2. The average Bonchev–Trinajstić information content (AvgIpc) is 2.80. The van der Waals surface area contributed by atoms with Crippen LogP contribution in [-0.2, 0) is 12.0 Å². The zero-order valence-corrected chi connectivity index (χ0v) is 11.5. The molecule has 0 fully saturated rings. The van der Waals surface area contributed by atoms with E-state index < -0.39 is 5.54 Å². The highest BCUT2D eigenvalue weighted by molar-refractivity contribution is 5.52. The van der Waals surface area contributed by atoms with E-state index >= 15 is 0 Å². The van der Waals surface area contributed by atoms with E-state index in [1.807, 2.05) is 31.2 Å². The number of rotatable bonds is 3. The fourth-order valence-electron chi connectivity index (χ4n) is 2.97. The Hall–Kier alpha value is -1.87. The Morgan fingerprint density at radius 3 is 2.65 bits per heavy atom. The lowest BCUT2D eigenvalue weighted by Crippen LogP contribution is -2.36. The first-order valence-corrected chi connectivity index (χ1v) is 6.88. The van der Waals surface area contributed by atoms with E-state index in [0.29, 0.717) is 0 Å². The summed E-state index contributed by atoms with van der Waals surface area (Å²) in [6.45, 7) is 2.04. The van der Waals surface area contributed by atoms with Crippen molar-refractivity contribution in [1.82, 2.24) is 0 Å². The van der Waals surface area contributed by atoms with Crippen molar-refractivity contribution >= 4 is 5.69 Å². The number of aliphatic hydroxyl groups is 1. The van der Waals surface area contributed by atoms with Crippen molar-refractivity contribution in [2.24, 2.45) is 0 Å². The normalized spacial score (nSPS) is 20.8. The van der Waals surface area contributed by atoms with Gasteiger partial charge < -0.3 is 10.4 Å². The number of nitrogens with one attached hydrogen (secondary N) is 1. The second kappa shape index (κ2) is 4.91. The zero-order chi connectivity index (χ0) is 14.2. The summed E-state index contributed by atoms with van der Waals surface area (Å²) in [5.41, 5.74) is 3.66. The first-order valence-electron chi connectivity index (χ1n) is 6.88. The van der Waals surface area contributed by atoms with Gasteiger partial charge in [0, 0.05) is 5.69 Å². The minimum Gasteiger partial charge on any atom is -0.394 e. The molecule has 104 valence electrons. The molecule has 1 unspecified atom stereocenters. The third kappa shape index (κ3) is 2.18. The molecule has 0 bridgehead atoms. The van der Waals surface area contributed by atoms with E-state index in [1.165, 1.54) is 11.6 Å². The van der Waals surface area contributed by atoms with Crippen molar-refractivity contribution in [3.63, 3.8) is 0 Å². The van der Waals surface area contributed by atoms with Crippen LogP contribution in [-0.4, -0.2) is 11.7 Å². The number of aliphatic hydroxyl groups excluding tert-OH is 1. The van der Waals surface area contributed by atoms with Crippen LogP contribution in [0.3, 0.4) is 0 Å². The SMILES string of the molecule is Cc1ccc(NC2(CO)CCc3cc(F)ccc32)cc1. The number of aryl methyl sites for hydroxylation is 2. The maximum atomic E-state index is 13.3. The second-order valence-electron chi connectivity index (χ2n) is 5.53. The van der Waals surface area contributed by atoms with Gasteiger partial charge in [0.25, 0.3) is 0 Å². The summed E-state index contributed by atoms with van der Waals surface area (Å²) in [7, 11) is 0. The maximum Gasteiger partial charge on any atom is 0.123 e. The molecule has 0 spiro atoms. The van der Waals surface area contributed by atoms with Crippen molar-refractivity contribution in [1.29, 1.82) is 0 Å². The molecule has 1 atom stereocenters. The summed E-state index contributed by atoms with van der Waals surface area (Å²) in [6.07, 6.45) is 1.56. The molecular formula is C17H18FNO. The first kappa shape index (κ1) is 13.1. The summed E-state index contributed by atoms with van der Waals surface area (Å²) in [5, 5.41) is 13.3. The van der Waals surface area contributed by atoms with Gasteiger partial charge in [0.1, 0.15) is 5.82 Å². The van der Waals surface area contributed by atoms with Gasteiger partial charge in [0.05, 0.1) is 12.1 Å². The summed E-state index contributed by atoms with van der Waals surface area (Å²) in [6, 6.07) is 12.9. The van der Waals surface area contributed by atoms with Gasteiger partial charge in [0.2, 0.25) is 0 Å². The quantitative estimate of drug-likeness (QED) is 0.897. The molecule has 3 heteroatoms. The monoisotopic (exact) mass is 271 g/mol. The first-order chi connectivity index (χ1) is 9.63. The molecule has 0 aliphatic heterocycles. The molecule has 2 N–H and O–H groups in total. The molecule has 0 saturated carbocycles. The zero-order valence-electron chi connectivity index (χ0n) is 11.5. The van der Waals surface area contributed by atoms with Gasteiger partial charge >= 0.3 is 0 Å². The highest BCUT2D eigenvalue weighted by Crippen LogP contribution is 2.39. The van der Waals surface area contributed by atoms with Gasteiger partial charge in [-0.25, -0.2) is 4.39 Å². The highest BCUT2D eigenvalue weighted by atomic mass is 19.1. The van der Waals surface area contributed by atoms with Crippen LogP contribution in [0.15, 0.2) is 42.5 Å². The van der Waals surface area contributed by atoms with Gasteiger partial charge in [-0.3, -0.25) is 0 Å². The van der Waals surface area contributed by atoms with Crippen LogP contribution < -0.4 is 5.32 Å². The number of benzene rings is 2. The predicted octanol–water partition coefficient (Wildman–Crippen LogP) is 3.38. The molecular weight excluding hydrogens is 253 g/mol. The molecule has 0 radical (unpaired) electrons. The smallest absolute Gasteiger partial charge is 0.123 e.